The zero-order chi connectivity index (χ0) is 21.7. The Hall–Kier alpha value is -3.85. The first-order chi connectivity index (χ1) is 14.3. The first-order valence-corrected chi connectivity index (χ1v) is 10.3. The fourth-order valence-corrected chi connectivity index (χ4v) is 3.74. The summed E-state index contributed by atoms with van der Waals surface area (Å²) in [4.78, 5) is 24.3. The summed E-state index contributed by atoms with van der Waals surface area (Å²) in [6, 6.07) is 18.1. The Morgan fingerprint density at radius 1 is 0.833 bits per heavy atom. The summed E-state index contributed by atoms with van der Waals surface area (Å²) in [6.45, 7) is 1.84. The quantitative estimate of drug-likeness (QED) is 0.468. The van der Waals surface area contributed by atoms with Crippen LogP contribution in [0.4, 0.5) is 5.69 Å². The number of hydrogen-bond donors (Lipinski definition) is 4. The minimum atomic E-state index is -3.92. The number of amides is 2. The van der Waals surface area contributed by atoms with Gasteiger partial charge in [-0.15, -0.1) is 0 Å². The minimum absolute atomic E-state index is 0.0171. The molecule has 0 saturated carbocycles. The maximum atomic E-state index is 12.6. The van der Waals surface area contributed by atoms with Crippen LogP contribution in [0.15, 0.2) is 77.7 Å². The second-order valence-corrected chi connectivity index (χ2v) is 8.11. The molecular formula is C21H19N3O5S. The standard InChI is InChI=1S/C21H19N3O5S/c1-14-6-4-8-16(12-14)24-30(28,29)17-9-5-7-15(13-17)20(26)22-23-21(27)18-10-2-3-11-19(18)25/h2-13,24-25H,1H3,(H,22,26)(H,23,27). The first-order valence-electron chi connectivity index (χ1n) is 8.84. The predicted molar refractivity (Wildman–Crippen MR) is 111 cm³/mol. The number of nitrogens with one attached hydrogen (secondary N) is 3. The zero-order valence-corrected chi connectivity index (χ0v) is 16.7. The van der Waals surface area contributed by atoms with Crippen molar-refractivity contribution in [2.24, 2.45) is 0 Å². The molecule has 2 amide bonds. The summed E-state index contributed by atoms with van der Waals surface area (Å²) in [5, 5.41) is 9.68. The highest BCUT2D eigenvalue weighted by molar-refractivity contribution is 7.92. The fraction of sp³-hybridized carbons (Fsp3) is 0.0476. The van der Waals surface area contributed by atoms with Gasteiger partial charge in [0.2, 0.25) is 0 Å². The van der Waals surface area contributed by atoms with Crippen LogP contribution < -0.4 is 15.6 Å². The van der Waals surface area contributed by atoms with Crippen molar-refractivity contribution in [3.05, 3.63) is 89.5 Å². The summed E-state index contributed by atoms with van der Waals surface area (Å²) in [5.41, 5.74) is 5.68. The van der Waals surface area contributed by atoms with Crippen molar-refractivity contribution in [2.75, 3.05) is 4.72 Å². The van der Waals surface area contributed by atoms with Crippen molar-refractivity contribution in [1.29, 1.82) is 0 Å². The van der Waals surface area contributed by atoms with Crippen molar-refractivity contribution in [1.82, 2.24) is 10.9 Å². The maximum absolute atomic E-state index is 12.6. The molecule has 0 fully saturated rings. The van der Waals surface area contributed by atoms with Crippen LogP contribution in [-0.2, 0) is 10.0 Å². The van der Waals surface area contributed by atoms with Crippen molar-refractivity contribution in [2.45, 2.75) is 11.8 Å². The van der Waals surface area contributed by atoms with E-state index in [-0.39, 0.29) is 21.8 Å². The highest BCUT2D eigenvalue weighted by atomic mass is 32.2. The molecule has 0 aliphatic heterocycles. The normalized spacial score (nSPS) is 10.8. The Balaban J connectivity index is 1.72. The van der Waals surface area contributed by atoms with Crippen LogP contribution >= 0.6 is 0 Å². The summed E-state index contributed by atoms with van der Waals surface area (Å²) < 4.78 is 27.7. The van der Waals surface area contributed by atoms with Gasteiger partial charge >= 0.3 is 0 Å². The van der Waals surface area contributed by atoms with Crippen LogP contribution in [0.1, 0.15) is 26.3 Å². The SMILES string of the molecule is Cc1cccc(NS(=O)(=O)c2cccc(C(=O)NNC(=O)c3ccccc3O)c2)c1. The molecule has 0 unspecified atom stereocenters. The summed E-state index contributed by atoms with van der Waals surface area (Å²) in [6.07, 6.45) is 0. The van der Waals surface area contributed by atoms with Crippen LogP contribution in [0.3, 0.4) is 0 Å². The van der Waals surface area contributed by atoms with Gasteiger partial charge < -0.3 is 5.11 Å². The monoisotopic (exact) mass is 425 g/mol. The molecule has 9 heteroatoms. The Bertz CT molecular complexity index is 1210. The average molecular weight is 425 g/mol. The number of hydrazine groups is 1. The van der Waals surface area contributed by atoms with E-state index in [1.807, 2.05) is 13.0 Å². The molecular weight excluding hydrogens is 406 g/mol. The van der Waals surface area contributed by atoms with E-state index in [0.29, 0.717) is 5.69 Å². The summed E-state index contributed by atoms with van der Waals surface area (Å²) in [7, 11) is -3.92. The van der Waals surface area contributed by atoms with Gasteiger partial charge in [0.25, 0.3) is 21.8 Å². The van der Waals surface area contributed by atoms with Crippen LogP contribution in [0, 0.1) is 6.92 Å². The molecule has 0 heterocycles. The maximum Gasteiger partial charge on any atom is 0.273 e. The fourth-order valence-electron chi connectivity index (χ4n) is 2.65. The number of carbonyl (C=O) groups is 2. The van der Waals surface area contributed by atoms with Gasteiger partial charge in [-0.2, -0.15) is 0 Å². The molecule has 3 aromatic rings. The molecule has 8 nitrogen and oxygen atoms in total. The Labute approximate surface area is 173 Å². The molecule has 30 heavy (non-hydrogen) atoms. The van der Waals surface area contributed by atoms with Gasteiger partial charge in [-0.3, -0.25) is 25.2 Å². The van der Waals surface area contributed by atoms with E-state index in [2.05, 4.69) is 15.6 Å². The number of sulfonamides is 1. The first kappa shape index (κ1) is 20.9. The molecule has 0 aromatic heterocycles. The van der Waals surface area contributed by atoms with Gasteiger partial charge in [-0.05, 0) is 55.0 Å². The number of rotatable bonds is 5. The summed E-state index contributed by atoms with van der Waals surface area (Å²) >= 11 is 0. The number of aryl methyl sites for hydroxylation is 1. The third-order valence-corrected chi connectivity index (χ3v) is 5.49. The molecule has 0 aliphatic rings. The van der Waals surface area contributed by atoms with Crippen LogP contribution in [0.25, 0.3) is 0 Å². The molecule has 3 aromatic carbocycles. The second-order valence-electron chi connectivity index (χ2n) is 6.43. The number of anilines is 1. The predicted octanol–water partition coefficient (Wildman–Crippen LogP) is 2.58. The van der Waals surface area contributed by atoms with Crippen LogP contribution in [-0.4, -0.2) is 25.3 Å². The van der Waals surface area contributed by atoms with E-state index in [1.54, 1.807) is 30.3 Å². The van der Waals surface area contributed by atoms with Crippen LogP contribution in [0.5, 0.6) is 5.75 Å². The van der Waals surface area contributed by atoms with E-state index in [1.165, 1.54) is 36.4 Å². The van der Waals surface area contributed by atoms with E-state index in [4.69, 9.17) is 0 Å². The van der Waals surface area contributed by atoms with Gasteiger partial charge in [0, 0.05) is 11.3 Å². The number of hydrogen-bond acceptors (Lipinski definition) is 5. The van der Waals surface area contributed by atoms with Crippen molar-refractivity contribution < 1.29 is 23.1 Å². The van der Waals surface area contributed by atoms with E-state index >= 15 is 0 Å². The average Bonchev–Trinajstić information content (AvgIpc) is 2.72. The molecule has 0 spiro atoms. The largest absolute Gasteiger partial charge is 0.507 e. The Kier molecular flexibility index (Phi) is 6.03. The van der Waals surface area contributed by atoms with Crippen molar-refractivity contribution in [3.63, 3.8) is 0 Å². The Morgan fingerprint density at radius 2 is 1.53 bits per heavy atom. The lowest BCUT2D eigenvalue weighted by atomic mass is 10.2. The van der Waals surface area contributed by atoms with Crippen LogP contribution in [0.2, 0.25) is 0 Å². The lowest BCUT2D eigenvalue weighted by molar-refractivity contribution is 0.0845. The van der Waals surface area contributed by atoms with Gasteiger partial charge in [-0.25, -0.2) is 8.42 Å². The number of phenols is 1. The molecule has 0 saturated heterocycles. The molecule has 4 N–H and O–H groups in total. The lowest BCUT2D eigenvalue weighted by Gasteiger charge is -2.11. The van der Waals surface area contributed by atoms with E-state index < -0.39 is 21.8 Å². The lowest BCUT2D eigenvalue weighted by Crippen LogP contribution is -2.41. The highest BCUT2D eigenvalue weighted by Gasteiger charge is 2.17. The smallest absolute Gasteiger partial charge is 0.273 e. The third-order valence-electron chi connectivity index (χ3n) is 4.12. The van der Waals surface area contributed by atoms with Crippen molar-refractivity contribution >= 4 is 27.5 Å². The minimum Gasteiger partial charge on any atom is -0.507 e. The molecule has 0 bridgehead atoms. The number of aromatic hydroxyl groups is 1. The molecule has 0 atom stereocenters. The number of benzene rings is 3. The van der Waals surface area contributed by atoms with Gasteiger partial charge in [-0.1, -0.05) is 30.3 Å². The Morgan fingerprint density at radius 3 is 2.27 bits per heavy atom. The van der Waals surface area contributed by atoms with Gasteiger partial charge in [0.15, 0.2) is 0 Å². The molecule has 3 rings (SSSR count). The van der Waals surface area contributed by atoms with Crippen molar-refractivity contribution in [3.8, 4) is 5.75 Å². The number of carbonyl (C=O) groups excluding carboxylic acids is 2. The van der Waals surface area contributed by atoms with Gasteiger partial charge in [0.1, 0.15) is 5.75 Å². The van der Waals surface area contributed by atoms with E-state index in [0.717, 1.165) is 5.56 Å². The topological polar surface area (TPSA) is 125 Å². The molecule has 154 valence electrons. The third kappa shape index (κ3) is 4.95. The zero-order valence-electron chi connectivity index (χ0n) is 15.9. The molecule has 0 aliphatic carbocycles. The summed E-state index contributed by atoms with van der Waals surface area (Å²) in [5.74, 6) is -1.67. The second kappa shape index (κ2) is 8.66. The molecule has 0 radical (unpaired) electrons. The van der Waals surface area contributed by atoms with E-state index in [9.17, 15) is 23.1 Å². The number of para-hydroxylation sites is 1. The number of phenolic OH excluding ortho intramolecular Hbond substituents is 1. The van der Waals surface area contributed by atoms with Gasteiger partial charge in [0.05, 0.1) is 10.5 Å². The highest BCUT2D eigenvalue weighted by Crippen LogP contribution is 2.18.